The van der Waals surface area contributed by atoms with Crippen LogP contribution in [0.25, 0.3) is 0 Å². The van der Waals surface area contributed by atoms with E-state index in [9.17, 15) is 9.90 Å². The summed E-state index contributed by atoms with van der Waals surface area (Å²) in [5, 5.41) is 11.2. The number of hydrogen-bond acceptors (Lipinski definition) is 5. The van der Waals surface area contributed by atoms with Crippen LogP contribution in [-0.2, 0) is 17.8 Å². The smallest absolute Gasteiger partial charge is 0.227 e. The van der Waals surface area contributed by atoms with Crippen LogP contribution in [0.2, 0.25) is 0 Å². The van der Waals surface area contributed by atoms with Crippen molar-refractivity contribution in [1.82, 2.24) is 9.55 Å². The first-order chi connectivity index (χ1) is 15.0. The molecule has 160 valence electrons. The van der Waals surface area contributed by atoms with Crippen LogP contribution < -0.4 is 15.5 Å². The first kappa shape index (κ1) is 19.6. The fourth-order valence-corrected chi connectivity index (χ4v) is 4.75. The van der Waals surface area contributed by atoms with Gasteiger partial charge >= 0.3 is 0 Å². The van der Waals surface area contributed by atoms with E-state index < -0.39 is 6.23 Å². The Labute approximate surface area is 181 Å². The van der Waals surface area contributed by atoms with Gasteiger partial charge in [-0.05, 0) is 48.7 Å². The van der Waals surface area contributed by atoms with Crippen molar-refractivity contribution in [2.45, 2.75) is 32.5 Å². The standard InChI is InChI=1S/C24H27N5O2/c1-16-26-8-10-27(16)14-17-5-6-22-18(11-17)7-9-28(22)24(31)19-12-23(30)29(15-19)21-4-2-3-20(25)13-21/h2-6,8,10-11,13,19,24,31H,7,9,12,14-15,25H2,1H3. The summed E-state index contributed by atoms with van der Waals surface area (Å²) in [4.78, 5) is 20.7. The van der Waals surface area contributed by atoms with Gasteiger partial charge in [0.25, 0.3) is 0 Å². The number of aromatic nitrogens is 2. The van der Waals surface area contributed by atoms with Crippen molar-refractivity contribution in [2.24, 2.45) is 5.92 Å². The summed E-state index contributed by atoms with van der Waals surface area (Å²) in [5.41, 5.74) is 10.8. The number of benzene rings is 2. The van der Waals surface area contributed by atoms with Gasteiger partial charge in [0.1, 0.15) is 12.1 Å². The Bertz CT molecular complexity index is 1120. The number of anilines is 3. The Morgan fingerprint density at radius 2 is 2.13 bits per heavy atom. The molecular formula is C24H27N5O2. The van der Waals surface area contributed by atoms with E-state index in [2.05, 4.69) is 27.8 Å². The molecule has 0 saturated carbocycles. The van der Waals surface area contributed by atoms with Crippen LogP contribution in [0.5, 0.6) is 0 Å². The maximum absolute atomic E-state index is 12.6. The predicted molar refractivity (Wildman–Crippen MR) is 121 cm³/mol. The van der Waals surface area contributed by atoms with E-state index in [1.807, 2.05) is 36.4 Å². The molecule has 1 amide bonds. The van der Waals surface area contributed by atoms with Gasteiger partial charge in [0.2, 0.25) is 5.91 Å². The highest BCUT2D eigenvalue weighted by molar-refractivity contribution is 5.96. The Hall–Kier alpha value is -3.32. The lowest BCUT2D eigenvalue weighted by molar-refractivity contribution is -0.117. The molecule has 7 nitrogen and oxygen atoms in total. The molecule has 5 rings (SSSR count). The monoisotopic (exact) mass is 417 g/mol. The molecular weight excluding hydrogens is 390 g/mol. The number of amides is 1. The Balaban J connectivity index is 1.31. The number of aryl methyl sites for hydroxylation is 1. The lowest BCUT2D eigenvalue weighted by atomic mass is 10.1. The maximum Gasteiger partial charge on any atom is 0.227 e. The molecule has 31 heavy (non-hydrogen) atoms. The van der Waals surface area contributed by atoms with Crippen LogP contribution in [0.15, 0.2) is 54.9 Å². The van der Waals surface area contributed by atoms with E-state index in [1.165, 1.54) is 11.1 Å². The SMILES string of the molecule is Cc1nccn1Cc1ccc2c(c1)CCN2C(O)C1CC(=O)N(c2cccc(N)c2)C1. The molecule has 1 aromatic heterocycles. The van der Waals surface area contributed by atoms with E-state index in [1.54, 1.807) is 17.0 Å². The van der Waals surface area contributed by atoms with Gasteiger partial charge in [-0.1, -0.05) is 18.2 Å². The van der Waals surface area contributed by atoms with Crippen molar-refractivity contribution in [2.75, 3.05) is 28.6 Å². The number of fused-ring (bicyclic) bond motifs is 1. The molecule has 2 atom stereocenters. The second-order valence-electron chi connectivity index (χ2n) is 8.49. The molecule has 0 bridgehead atoms. The van der Waals surface area contributed by atoms with Gasteiger partial charge in [-0.3, -0.25) is 4.79 Å². The number of nitrogens with two attached hydrogens (primary N) is 1. The van der Waals surface area contributed by atoms with Crippen molar-refractivity contribution < 1.29 is 9.90 Å². The van der Waals surface area contributed by atoms with Crippen LogP contribution in [-0.4, -0.2) is 39.9 Å². The van der Waals surface area contributed by atoms with E-state index in [-0.39, 0.29) is 11.8 Å². The number of carbonyl (C=O) groups excluding carboxylic acids is 1. The van der Waals surface area contributed by atoms with Crippen molar-refractivity contribution >= 4 is 23.0 Å². The largest absolute Gasteiger partial charge is 0.399 e. The lowest BCUT2D eigenvalue weighted by Gasteiger charge is -2.30. The normalized spacial score (nSPS) is 19.2. The lowest BCUT2D eigenvalue weighted by Crippen LogP contribution is -2.40. The predicted octanol–water partition coefficient (Wildman–Crippen LogP) is 2.56. The first-order valence-corrected chi connectivity index (χ1v) is 10.7. The zero-order chi connectivity index (χ0) is 21.5. The molecule has 3 heterocycles. The second-order valence-corrected chi connectivity index (χ2v) is 8.49. The summed E-state index contributed by atoms with van der Waals surface area (Å²) in [6.07, 6.45) is 4.33. The summed E-state index contributed by atoms with van der Waals surface area (Å²) < 4.78 is 2.12. The zero-order valence-electron chi connectivity index (χ0n) is 17.6. The van der Waals surface area contributed by atoms with Gasteiger partial charge in [0, 0.05) is 61.4 Å². The average molecular weight is 418 g/mol. The first-order valence-electron chi connectivity index (χ1n) is 10.7. The number of rotatable bonds is 5. The molecule has 2 aliphatic rings. The molecule has 2 unspecified atom stereocenters. The topological polar surface area (TPSA) is 87.6 Å². The van der Waals surface area contributed by atoms with Crippen molar-refractivity contribution in [3.05, 3.63) is 71.8 Å². The quantitative estimate of drug-likeness (QED) is 0.623. The number of carbonyl (C=O) groups is 1. The Morgan fingerprint density at radius 3 is 2.90 bits per heavy atom. The van der Waals surface area contributed by atoms with E-state index in [0.29, 0.717) is 18.7 Å². The maximum atomic E-state index is 12.6. The zero-order valence-corrected chi connectivity index (χ0v) is 17.6. The van der Waals surface area contributed by atoms with E-state index >= 15 is 0 Å². The summed E-state index contributed by atoms with van der Waals surface area (Å²) in [6, 6.07) is 13.8. The van der Waals surface area contributed by atoms with E-state index in [0.717, 1.165) is 36.7 Å². The number of aliphatic hydroxyl groups excluding tert-OH is 1. The van der Waals surface area contributed by atoms with Gasteiger partial charge in [-0.15, -0.1) is 0 Å². The van der Waals surface area contributed by atoms with Crippen LogP contribution in [0.4, 0.5) is 17.1 Å². The van der Waals surface area contributed by atoms with Gasteiger partial charge in [-0.2, -0.15) is 0 Å². The summed E-state index contributed by atoms with van der Waals surface area (Å²) in [5.74, 6) is 0.876. The third-order valence-corrected chi connectivity index (χ3v) is 6.43. The fraction of sp³-hybridized carbons (Fsp3) is 0.333. The molecule has 2 aromatic carbocycles. The number of imidazole rings is 1. The van der Waals surface area contributed by atoms with Gasteiger partial charge in [0.15, 0.2) is 0 Å². The van der Waals surface area contributed by atoms with Crippen LogP contribution in [0, 0.1) is 12.8 Å². The minimum absolute atomic E-state index is 0.0279. The molecule has 3 aromatic rings. The fourth-order valence-electron chi connectivity index (χ4n) is 4.75. The minimum Gasteiger partial charge on any atom is -0.399 e. The van der Waals surface area contributed by atoms with Crippen molar-refractivity contribution in [1.29, 1.82) is 0 Å². The van der Waals surface area contributed by atoms with E-state index in [4.69, 9.17) is 5.73 Å². The molecule has 0 aliphatic carbocycles. The van der Waals surface area contributed by atoms with Crippen molar-refractivity contribution in [3.8, 4) is 0 Å². The minimum atomic E-state index is -0.696. The molecule has 0 radical (unpaired) electrons. The number of nitrogen functional groups attached to an aromatic ring is 1. The van der Waals surface area contributed by atoms with Crippen LogP contribution >= 0.6 is 0 Å². The van der Waals surface area contributed by atoms with Gasteiger partial charge < -0.3 is 25.2 Å². The van der Waals surface area contributed by atoms with Crippen LogP contribution in [0.1, 0.15) is 23.4 Å². The number of hydrogen-bond donors (Lipinski definition) is 2. The van der Waals surface area contributed by atoms with Crippen LogP contribution in [0.3, 0.4) is 0 Å². The highest BCUT2D eigenvalue weighted by atomic mass is 16.3. The number of aliphatic hydroxyl groups is 1. The second kappa shape index (κ2) is 7.74. The molecule has 1 fully saturated rings. The summed E-state index contributed by atoms with van der Waals surface area (Å²) in [6.45, 7) is 4.04. The summed E-state index contributed by atoms with van der Waals surface area (Å²) >= 11 is 0. The summed E-state index contributed by atoms with van der Waals surface area (Å²) in [7, 11) is 0. The molecule has 3 N–H and O–H groups in total. The average Bonchev–Trinajstić information content (AvgIpc) is 3.46. The molecule has 0 spiro atoms. The molecule has 1 saturated heterocycles. The number of nitrogens with zero attached hydrogens (tertiary/aromatic N) is 4. The molecule has 7 heteroatoms. The Morgan fingerprint density at radius 1 is 1.26 bits per heavy atom. The molecule has 2 aliphatic heterocycles. The third kappa shape index (κ3) is 3.65. The van der Waals surface area contributed by atoms with Crippen molar-refractivity contribution in [3.63, 3.8) is 0 Å². The third-order valence-electron chi connectivity index (χ3n) is 6.43. The van der Waals surface area contributed by atoms with Gasteiger partial charge in [0.05, 0.1) is 0 Å². The Kier molecular flexibility index (Phi) is 4.90. The highest BCUT2D eigenvalue weighted by Gasteiger charge is 2.39. The van der Waals surface area contributed by atoms with Gasteiger partial charge in [-0.25, -0.2) is 4.98 Å². The highest BCUT2D eigenvalue weighted by Crippen LogP contribution is 2.35.